The molecule has 2 heterocycles. The van der Waals surface area contributed by atoms with Crippen LogP contribution < -0.4 is 10.1 Å². The number of ether oxygens (including phenoxy) is 1. The number of rotatable bonds is 6. The molecule has 1 aromatic carbocycles. The van der Waals surface area contributed by atoms with Crippen LogP contribution >= 0.6 is 0 Å². The number of nitrogens with one attached hydrogen (secondary N) is 1. The second-order valence-corrected chi connectivity index (χ2v) is 9.45. The molecular weight excluding hydrogens is 346 g/mol. The van der Waals surface area contributed by atoms with E-state index in [9.17, 15) is 0 Å². The van der Waals surface area contributed by atoms with Crippen LogP contribution in [-0.4, -0.2) is 62.7 Å². The third-order valence-electron chi connectivity index (χ3n) is 7.71. The number of methoxy groups -OCH3 is 1. The van der Waals surface area contributed by atoms with Crippen LogP contribution in [0.4, 0.5) is 0 Å². The fraction of sp³-hybridized carbons (Fsp3) is 0.750. The van der Waals surface area contributed by atoms with Crippen LogP contribution in [0.15, 0.2) is 24.3 Å². The minimum atomic E-state index is 0.717. The molecule has 28 heavy (non-hydrogen) atoms. The van der Waals surface area contributed by atoms with Crippen LogP contribution in [0.5, 0.6) is 5.75 Å². The molecule has 0 atom stereocenters. The van der Waals surface area contributed by atoms with Gasteiger partial charge in [0, 0.05) is 32.7 Å². The summed E-state index contributed by atoms with van der Waals surface area (Å²) in [4.78, 5) is 5.30. The van der Waals surface area contributed by atoms with E-state index in [1.165, 1.54) is 96.3 Å². The van der Waals surface area contributed by atoms with E-state index < -0.39 is 0 Å². The standard InChI is InChI=1S/C24H39N3O/c1-28-23-4-2-22(3-5-23)20-27-18-16-26(17-19-27)15-8-21-6-9-24(10-7-21)11-13-25-14-12-24/h2-5,21,25H,6-20H2,1H3. The summed E-state index contributed by atoms with van der Waals surface area (Å²) >= 11 is 0. The predicted molar refractivity (Wildman–Crippen MR) is 116 cm³/mol. The summed E-state index contributed by atoms with van der Waals surface area (Å²) in [5, 5.41) is 3.54. The average Bonchev–Trinajstić information content (AvgIpc) is 2.76. The van der Waals surface area contributed by atoms with E-state index in [2.05, 4.69) is 39.4 Å². The monoisotopic (exact) mass is 385 g/mol. The summed E-state index contributed by atoms with van der Waals surface area (Å²) in [6.45, 7) is 9.76. The van der Waals surface area contributed by atoms with Crippen molar-refractivity contribution in [2.45, 2.75) is 51.5 Å². The van der Waals surface area contributed by atoms with E-state index >= 15 is 0 Å². The van der Waals surface area contributed by atoms with E-state index in [0.717, 1.165) is 23.6 Å². The smallest absolute Gasteiger partial charge is 0.118 e. The Bertz CT molecular complexity index is 578. The summed E-state index contributed by atoms with van der Waals surface area (Å²) in [5.41, 5.74) is 2.11. The van der Waals surface area contributed by atoms with Crippen molar-refractivity contribution in [2.75, 3.05) is 52.9 Å². The Morgan fingerprint density at radius 1 is 0.929 bits per heavy atom. The minimum absolute atomic E-state index is 0.717. The molecule has 1 spiro atoms. The van der Waals surface area contributed by atoms with Gasteiger partial charge in [-0.15, -0.1) is 0 Å². The molecule has 1 saturated carbocycles. The van der Waals surface area contributed by atoms with Crippen LogP contribution in [0.1, 0.15) is 50.5 Å². The van der Waals surface area contributed by atoms with Crippen LogP contribution in [0.3, 0.4) is 0 Å². The van der Waals surface area contributed by atoms with Gasteiger partial charge in [0.2, 0.25) is 0 Å². The molecule has 0 unspecified atom stereocenters. The van der Waals surface area contributed by atoms with E-state index in [1.807, 2.05) is 0 Å². The van der Waals surface area contributed by atoms with Gasteiger partial charge in [0.05, 0.1) is 7.11 Å². The topological polar surface area (TPSA) is 27.7 Å². The number of benzene rings is 1. The van der Waals surface area contributed by atoms with Gasteiger partial charge in [-0.25, -0.2) is 0 Å². The van der Waals surface area contributed by atoms with E-state index in [4.69, 9.17) is 4.74 Å². The molecule has 1 aliphatic carbocycles. The molecule has 1 aromatic rings. The molecule has 4 nitrogen and oxygen atoms in total. The second-order valence-electron chi connectivity index (χ2n) is 9.45. The maximum atomic E-state index is 5.26. The summed E-state index contributed by atoms with van der Waals surface area (Å²) < 4.78 is 5.26. The first-order valence-electron chi connectivity index (χ1n) is 11.5. The summed E-state index contributed by atoms with van der Waals surface area (Å²) in [7, 11) is 1.73. The Hall–Kier alpha value is -1.10. The average molecular weight is 386 g/mol. The van der Waals surface area contributed by atoms with Gasteiger partial charge < -0.3 is 15.0 Å². The second kappa shape index (κ2) is 9.60. The first-order chi connectivity index (χ1) is 13.7. The molecule has 3 aliphatic rings. The SMILES string of the molecule is COc1ccc(CN2CCN(CCC3CCC4(CCNCC4)CC3)CC2)cc1. The third kappa shape index (κ3) is 5.28. The Labute approximate surface area is 171 Å². The van der Waals surface area contributed by atoms with Crippen molar-refractivity contribution in [1.29, 1.82) is 0 Å². The number of piperidine rings is 1. The number of piperazine rings is 1. The van der Waals surface area contributed by atoms with Crippen LogP contribution in [0, 0.1) is 11.3 Å². The van der Waals surface area contributed by atoms with Crippen molar-refractivity contribution in [3.63, 3.8) is 0 Å². The largest absolute Gasteiger partial charge is 0.497 e. The first-order valence-corrected chi connectivity index (χ1v) is 11.5. The Balaban J connectivity index is 1.13. The molecule has 3 fully saturated rings. The van der Waals surface area contributed by atoms with Gasteiger partial charge in [0.25, 0.3) is 0 Å². The molecule has 2 saturated heterocycles. The normalized spacial score (nSPS) is 24.5. The zero-order chi connectivity index (χ0) is 19.2. The van der Waals surface area contributed by atoms with Gasteiger partial charge in [-0.1, -0.05) is 12.1 Å². The Morgan fingerprint density at radius 2 is 1.57 bits per heavy atom. The zero-order valence-electron chi connectivity index (χ0n) is 17.8. The van der Waals surface area contributed by atoms with E-state index in [0.29, 0.717) is 0 Å². The van der Waals surface area contributed by atoms with Gasteiger partial charge in [-0.2, -0.15) is 0 Å². The lowest BCUT2D eigenvalue weighted by Crippen LogP contribution is -2.46. The fourth-order valence-corrected chi connectivity index (χ4v) is 5.56. The van der Waals surface area contributed by atoms with Crippen molar-refractivity contribution in [2.24, 2.45) is 11.3 Å². The summed E-state index contributed by atoms with van der Waals surface area (Å²) in [6.07, 6.45) is 10.2. The maximum absolute atomic E-state index is 5.26. The zero-order valence-corrected chi connectivity index (χ0v) is 17.8. The minimum Gasteiger partial charge on any atom is -0.497 e. The molecule has 0 radical (unpaired) electrons. The van der Waals surface area contributed by atoms with Gasteiger partial charge in [0.15, 0.2) is 0 Å². The summed E-state index contributed by atoms with van der Waals surface area (Å²) in [5.74, 6) is 1.93. The lowest BCUT2D eigenvalue weighted by Gasteiger charge is -2.43. The van der Waals surface area contributed by atoms with E-state index in [1.54, 1.807) is 7.11 Å². The predicted octanol–water partition coefficient (Wildman–Crippen LogP) is 3.76. The lowest BCUT2D eigenvalue weighted by atomic mass is 9.65. The molecule has 1 N–H and O–H groups in total. The van der Waals surface area contributed by atoms with Crippen LogP contribution in [0.2, 0.25) is 0 Å². The number of nitrogens with zero attached hydrogens (tertiary/aromatic N) is 2. The molecule has 4 heteroatoms. The van der Waals surface area contributed by atoms with Gasteiger partial charge in [-0.05, 0) is 93.6 Å². The quantitative estimate of drug-likeness (QED) is 0.807. The maximum Gasteiger partial charge on any atom is 0.118 e. The molecule has 0 bridgehead atoms. The van der Waals surface area contributed by atoms with Gasteiger partial charge >= 0.3 is 0 Å². The van der Waals surface area contributed by atoms with Crippen molar-refractivity contribution in [3.8, 4) is 5.75 Å². The molecule has 0 amide bonds. The lowest BCUT2D eigenvalue weighted by molar-refractivity contribution is 0.0868. The fourth-order valence-electron chi connectivity index (χ4n) is 5.56. The third-order valence-corrected chi connectivity index (χ3v) is 7.71. The van der Waals surface area contributed by atoms with Crippen molar-refractivity contribution in [3.05, 3.63) is 29.8 Å². The van der Waals surface area contributed by atoms with Crippen molar-refractivity contribution in [1.82, 2.24) is 15.1 Å². The van der Waals surface area contributed by atoms with Gasteiger partial charge in [0.1, 0.15) is 5.75 Å². The molecule has 4 rings (SSSR count). The first kappa shape index (κ1) is 20.2. The molecule has 156 valence electrons. The highest BCUT2D eigenvalue weighted by Gasteiger charge is 2.36. The Morgan fingerprint density at radius 3 is 2.21 bits per heavy atom. The molecular formula is C24H39N3O. The van der Waals surface area contributed by atoms with Crippen molar-refractivity contribution < 1.29 is 4.74 Å². The number of hydrogen-bond acceptors (Lipinski definition) is 4. The Kier molecular flexibility index (Phi) is 6.92. The highest BCUT2D eigenvalue weighted by atomic mass is 16.5. The van der Waals surface area contributed by atoms with Crippen molar-refractivity contribution >= 4 is 0 Å². The number of hydrogen-bond donors (Lipinski definition) is 1. The van der Waals surface area contributed by atoms with Gasteiger partial charge in [-0.3, -0.25) is 4.90 Å². The molecule has 2 aliphatic heterocycles. The summed E-state index contributed by atoms with van der Waals surface area (Å²) in [6, 6.07) is 8.54. The van der Waals surface area contributed by atoms with E-state index in [-0.39, 0.29) is 0 Å². The molecule has 0 aromatic heterocycles. The van der Waals surface area contributed by atoms with Crippen LogP contribution in [-0.2, 0) is 6.54 Å². The van der Waals surface area contributed by atoms with Crippen LogP contribution in [0.25, 0.3) is 0 Å². The highest BCUT2D eigenvalue weighted by molar-refractivity contribution is 5.27. The highest BCUT2D eigenvalue weighted by Crippen LogP contribution is 2.45.